The lowest BCUT2D eigenvalue weighted by Gasteiger charge is -2.24. The van der Waals surface area contributed by atoms with Crippen molar-refractivity contribution in [1.82, 2.24) is 4.98 Å². The molecule has 1 aliphatic heterocycles. The first kappa shape index (κ1) is 16.2. The Kier molecular flexibility index (Phi) is 4.10. The summed E-state index contributed by atoms with van der Waals surface area (Å²) < 4.78 is 0. The fraction of sp³-hybridized carbons (Fsp3) is 0.0500. The summed E-state index contributed by atoms with van der Waals surface area (Å²) in [6.07, 6.45) is 1.59. The van der Waals surface area contributed by atoms with Gasteiger partial charge in [-0.15, -0.1) is 11.3 Å². The molecule has 0 radical (unpaired) electrons. The van der Waals surface area contributed by atoms with E-state index in [1.807, 2.05) is 30.3 Å². The number of benzene rings is 2. The monoisotopic (exact) mass is 362 g/mol. The molecule has 6 heteroatoms. The van der Waals surface area contributed by atoms with Gasteiger partial charge in [0.25, 0.3) is 5.91 Å². The van der Waals surface area contributed by atoms with Crippen LogP contribution < -0.4 is 4.90 Å². The van der Waals surface area contributed by atoms with Gasteiger partial charge in [0.1, 0.15) is 0 Å². The Bertz CT molecular complexity index is 982. The molecule has 2 aromatic carbocycles. The molecule has 128 valence electrons. The van der Waals surface area contributed by atoms with Crippen molar-refractivity contribution in [3.05, 3.63) is 94.7 Å². The van der Waals surface area contributed by atoms with E-state index in [2.05, 4.69) is 4.98 Å². The Labute approximate surface area is 153 Å². The number of hydrogen-bond acceptors (Lipinski definition) is 5. The molecule has 2 heterocycles. The Hall–Kier alpha value is -3.25. The van der Waals surface area contributed by atoms with Crippen molar-refractivity contribution < 1.29 is 14.7 Å². The van der Waals surface area contributed by atoms with E-state index in [9.17, 15) is 14.7 Å². The molecule has 0 saturated carbocycles. The normalized spacial score (nSPS) is 17.0. The molecule has 3 aromatic rings. The van der Waals surface area contributed by atoms with Crippen LogP contribution in [0.1, 0.15) is 22.0 Å². The van der Waals surface area contributed by atoms with Gasteiger partial charge in [0.15, 0.2) is 16.7 Å². The number of ketones is 1. The first-order valence-corrected chi connectivity index (χ1v) is 8.87. The second-order valence-corrected chi connectivity index (χ2v) is 6.63. The number of rotatable bonds is 4. The first-order valence-electron chi connectivity index (χ1n) is 7.99. The van der Waals surface area contributed by atoms with E-state index in [4.69, 9.17) is 0 Å². The highest BCUT2D eigenvalue weighted by Gasteiger charge is 2.45. The lowest BCUT2D eigenvalue weighted by Crippen LogP contribution is -2.30. The highest BCUT2D eigenvalue weighted by molar-refractivity contribution is 7.13. The summed E-state index contributed by atoms with van der Waals surface area (Å²) >= 11 is 1.28. The average Bonchev–Trinajstić information content (AvgIpc) is 3.30. The molecule has 1 aliphatic rings. The van der Waals surface area contributed by atoms with E-state index in [1.165, 1.54) is 16.2 Å². The number of thiazole rings is 1. The largest absolute Gasteiger partial charge is 0.503 e. The molecule has 0 fully saturated rings. The number of Topliss-reactive ketones (excluding diaryl/α,β-unsaturated/α-hetero) is 1. The van der Waals surface area contributed by atoms with E-state index in [1.54, 1.807) is 41.9 Å². The van der Waals surface area contributed by atoms with Crippen LogP contribution in [0.2, 0.25) is 0 Å². The molecule has 5 nitrogen and oxygen atoms in total. The molecule has 1 unspecified atom stereocenters. The van der Waals surface area contributed by atoms with Gasteiger partial charge < -0.3 is 5.11 Å². The minimum Gasteiger partial charge on any atom is -0.503 e. The van der Waals surface area contributed by atoms with Crippen LogP contribution in [0.4, 0.5) is 5.13 Å². The average molecular weight is 362 g/mol. The van der Waals surface area contributed by atoms with E-state index < -0.39 is 17.7 Å². The second kappa shape index (κ2) is 6.57. The number of aromatic nitrogens is 1. The third kappa shape index (κ3) is 2.60. The van der Waals surface area contributed by atoms with Gasteiger partial charge in [0, 0.05) is 17.1 Å². The number of amides is 1. The molecule has 0 bridgehead atoms. The summed E-state index contributed by atoms with van der Waals surface area (Å²) in [6, 6.07) is 17.1. The van der Waals surface area contributed by atoms with Crippen LogP contribution in [0.3, 0.4) is 0 Å². The van der Waals surface area contributed by atoms with Crippen molar-refractivity contribution in [3.63, 3.8) is 0 Å². The predicted molar refractivity (Wildman–Crippen MR) is 99.2 cm³/mol. The molecule has 0 spiro atoms. The molecular weight excluding hydrogens is 348 g/mol. The van der Waals surface area contributed by atoms with Gasteiger partial charge >= 0.3 is 0 Å². The maximum Gasteiger partial charge on any atom is 0.296 e. The summed E-state index contributed by atoms with van der Waals surface area (Å²) in [4.78, 5) is 31.4. The van der Waals surface area contributed by atoms with Crippen LogP contribution in [0.25, 0.3) is 0 Å². The van der Waals surface area contributed by atoms with E-state index in [0.29, 0.717) is 10.7 Å². The zero-order valence-corrected chi connectivity index (χ0v) is 14.4. The predicted octanol–water partition coefficient (Wildman–Crippen LogP) is 3.93. The van der Waals surface area contributed by atoms with Gasteiger partial charge in [0.2, 0.25) is 0 Å². The number of aliphatic hydroxyl groups is 1. The van der Waals surface area contributed by atoms with Crippen LogP contribution in [-0.2, 0) is 4.79 Å². The fourth-order valence-corrected chi connectivity index (χ4v) is 3.73. The van der Waals surface area contributed by atoms with E-state index >= 15 is 0 Å². The van der Waals surface area contributed by atoms with Crippen molar-refractivity contribution in [2.75, 3.05) is 4.90 Å². The van der Waals surface area contributed by atoms with Gasteiger partial charge in [0.05, 0.1) is 11.6 Å². The zero-order chi connectivity index (χ0) is 18.1. The molecule has 1 N–H and O–H groups in total. The van der Waals surface area contributed by atoms with Crippen LogP contribution in [-0.4, -0.2) is 21.8 Å². The molecular formula is C20H14N2O3S. The van der Waals surface area contributed by atoms with Crippen LogP contribution >= 0.6 is 11.3 Å². The summed E-state index contributed by atoms with van der Waals surface area (Å²) in [5.41, 5.74) is 1.23. The summed E-state index contributed by atoms with van der Waals surface area (Å²) in [6.45, 7) is 0. The van der Waals surface area contributed by atoms with E-state index in [-0.39, 0.29) is 11.4 Å². The van der Waals surface area contributed by atoms with Crippen molar-refractivity contribution in [2.24, 2.45) is 0 Å². The van der Waals surface area contributed by atoms with Crippen LogP contribution in [0, 0.1) is 0 Å². The van der Waals surface area contributed by atoms with Gasteiger partial charge in [-0.05, 0) is 5.56 Å². The quantitative estimate of drug-likeness (QED) is 0.714. The minimum absolute atomic E-state index is 0.0719. The van der Waals surface area contributed by atoms with Crippen LogP contribution in [0.5, 0.6) is 0 Å². The molecule has 4 rings (SSSR count). The maximum atomic E-state index is 13.1. The smallest absolute Gasteiger partial charge is 0.296 e. The molecule has 1 aromatic heterocycles. The van der Waals surface area contributed by atoms with Crippen molar-refractivity contribution in [2.45, 2.75) is 6.04 Å². The van der Waals surface area contributed by atoms with Gasteiger partial charge in [-0.3, -0.25) is 14.5 Å². The molecule has 0 saturated heterocycles. The minimum atomic E-state index is -0.720. The SMILES string of the molecule is O=C(C1=C(O)C(=O)N(c2nccs2)C1c1ccccc1)c1ccccc1. The highest BCUT2D eigenvalue weighted by Crippen LogP contribution is 2.42. The number of hydrogen-bond donors (Lipinski definition) is 1. The summed E-state index contributed by atoms with van der Waals surface area (Å²) in [5, 5.41) is 12.7. The third-order valence-electron chi connectivity index (χ3n) is 4.23. The van der Waals surface area contributed by atoms with E-state index in [0.717, 1.165) is 5.56 Å². The first-order chi connectivity index (χ1) is 12.7. The lowest BCUT2D eigenvalue weighted by atomic mass is 9.93. The lowest BCUT2D eigenvalue weighted by molar-refractivity contribution is -0.117. The topological polar surface area (TPSA) is 70.5 Å². The number of carbonyl (C=O) groups excluding carboxylic acids is 2. The highest BCUT2D eigenvalue weighted by atomic mass is 32.1. The Morgan fingerprint density at radius 1 is 1.04 bits per heavy atom. The fourth-order valence-electron chi connectivity index (χ4n) is 3.07. The molecule has 26 heavy (non-hydrogen) atoms. The molecule has 1 amide bonds. The van der Waals surface area contributed by atoms with Crippen molar-refractivity contribution in [1.29, 1.82) is 0 Å². The number of anilines is 1. The summed E-state index contributed by atoms with van der Waals surface area (Å²) in [5.74, 6) is -1.51. The van der Waals surface area contributed by atoms with Crippen LogP contribution in [0.15, 0.2) is 83.6 Å². The molecule has 0 aliphatic carbocycles. The Morgan fingerprint density at radius 2 is 1.69 bits per heavy atom. The third-order valence-corrected chi connectivity index (χ3v) is 5.00. The molecule has 1 atom stereocenters. The standard InChI is InChI=1S/C20H14N2O3S/c23-17(14-9-5-2-6-10-14)15-16(13-7-3-1-4-8-13)22(19(25)18(15)24)20-21-11-12-26-20/h1-12,16,24H. The van der Waals surface area contributed by atoms with Crippen molar-refractivity contribution in [3.8, 4) is 0 Å². The van der Waals surface area contributed by atoms with Gasteiger partial charge in [-0.1, -0.05) is 60.7 Å². The van der Waals surface area contributed by atoms with Gasteiger partial charge in [-0.25, -0.2) is 4.98 Å². The number of aliphatic hydroxyl groups excluding tert-OH is 1. The number of carbonyl (C=O) groups is 2. The van der Waals surface area contributed by atoms with Crippen molar-refractivity contribution >= 4 is 28.2 Å². The zero-order valence-electron chi connectivity index (χ0n) is 13.6. The van der Waals surface area contributed by atoms with Gasteiger partial charge in [-0.2, -0.15) is 0 Å². The second-order valence-electron chi connectivity index (χ2n) is 5.76. The Morgan fingerprint density at radius 3 is 2.31 bits per heavy atom. The Balaban J connectivity index is 1.87. The maximum absolute atomic E-state index is 13.1. The number of nitrogens with zero attached hydrogens (tertiary/aromatic N) is 2. The summed E-state index contributed by atoms with van der Waals surface area (Å²) in [7, 11) is 0.